The van der Waals surface area contributed by atoms with Crippen molar-refractivity contribution in [1.29, 1.82) is 0 Å². The molecule has 20 heavy (non-hydrogen) atoms. The van der Waals surface area contributed by atoms with Crippen LogP contribution in [0.15, 0.2) is 24.3 Å². The molecule has 1 aliphatic heterocycles. The zero-order valence-corrected chi connectivity index (χ0v) is 11.8. The molecule has 2 unspecified atom stereocenters. The van der Waals surface area contributed by atoms with Crippen LogP contribution in [-0.2, 0) is 0 Å². The molecule has 0 aliphatic carbocycles. The Morgan fingerprint density at radius 3 is 2.90 bits per heavy atom. The minimum atomic E-state index is -2.90. The second kappa shape index (κ2) is 6.39. The molecule has 0 N–H and O–H groups in total. The normalized spacial score (nSPS) is 22.9. The molecular formula is C14H16ClF2NO2. The van der Waals surface area contributed by atoms with E-state index in [4.69, 9.17) is 11.6 Å². The van der Waals surface area contributed by atoms with Crippen molar-refractivity contribution in [2.24, 2.45) is 5.92 Å². The largest absolute Gasteiger partial charge is 0.435 e. The molecule has 1 heterocycles. The second-order valence-corrected chi connectivity index (χ2v) is 5.50. The molecule has 2 rings (SSSR count). The van der Waals surface area contributed by atoms with Crippen molar-refractivity contribution in [3.8, 4) is 5.75 Å². The molecule has 1 fully saturated rings. The highest BCUT2D eigenvalue weighted by atomic mass is 35.5. The first-order valence-corrected chi connectivity index (χ1v) is 6.89. The van der Waals surface area contributed by atoms with E-state index in [1.165, 1.54) is 18.2 Å². The number of carbonyl (C=O) groups excluding carboxylic acids is 1. The minimum absolute atomic E-state index is 0.00821. The van der Waals surface area contributed by atoms with Crippen molar-refractivity contribution >= 4 is 17.5 Å². The fourth-order valence-electron chi connectivity index (χ4n) is 2.29. The number of likely N-dealkylation sites (tertiary alicyclic amines) is 1. The first-order chi connectivity index (χ1) is 9.47. The Labute approximate surface area is 121 Å². The molecule has 0 saturated carbocycles. The highest BCUT2D eigenvalue weighted by Crippen LogP contribution is 2.24. The van der Waals surface area contributed by atoms with Crippen LogP contribution in [0.3, 0.4) is 0 Å². The summed E-state index contributed by atoms with van der Waals surface area (Å²) in [7, 11) is 0. The average Bonchev–Trinajstić information content (AvgIpc) is 2.40. The van der Waals surface area contributed by atoms with Gasteiger partial charge in [0.25, 0.3) is 5.91 Å². The van der Waals surface area contributed by atoms with E-state index in [0.29, 0.717) is 18.7 Å². The summed E-state index contributed by atoms with van der Waals surface area (Å²) in [5.41, 5.74) is 0.350. The molecule has 0 aromatic heterocycles. The number of carbonyl (C=O) groups is 1. The van der Waals surface area contributed by atoms with Crippen LogP contribution < -0.4 is 4.74 Å². The van der Waals surface area contributed by atoms with E-state index in [9.17, 15) is 13.6 Å². The third-order valence-corrected chi connectivity index (χ3v) is 4.04. The second-order valence-electron chi connectivity index (χ2n) is 4.94. The smallest absolute Gasteiger partial charge is 0.387 e. The number of amides is 1. The summed E-state index contributed by atoms with van der Waals surface area (Å²) in [6, 6.07) is 5.86. The monoisotopic (exact) mass is 303 g/mol. The van der Waals surface area contributed by atoms with E-state index < -0.39 is 6.61 Å². The van der Waals surface area contributed by atoms with Crippen LogP contribution in [0.4, 0.5) is 8.78 Å². The van der Waals surface area contributed by atoms with Crippen LogP contribution in [0, 0.1) is 5.92 Å². The van der Waals surface area contributed by atoms with Gasteiger partial charge in [0.2, 0.25) is 0 Å². The van der Waals surface area contributed by atoms with E-state index in [-0.39, 0.29) is 23.0 Å². The van der Waals surface area contributed by atoms with Crippen LogP contribution in [0.2, 0.25) is 0 Å². The topological polar surface area (TPSA) is 29.5 Å². The lowest BCUT2D eigenvalue weighted by molar-refractivity contribution is -0.0499. The molecule has 1 aliphatic rings. The summed E-state index contributed by atoms with van der Waals surface area (Å²) in [6.07, 6.45) is 0.738. The van der Waals surface area contributed by atoms with Crippen molar-refractivity contribution in [3.05, 3.63) is 29.8 Å². The van der Waals surface area contributed by atoms with E-state index in [1.54, 1.807) is 11.0 Å². The van der Waals surface area contributed by atoms with Gasteiger partial charge in [0.15, 0.2) is 0 Å². The molecule has 6 heteroatoms. The third-order valence-electron chi connectivity index (χ3n) is 3.39. The van der Waals surface area contributed by atoms with Crippen LogP contribution in [0.1, 0.15) is 23.7 Å². The van der Waals surface area contributed by atoms with Crippen molar-refractivity contribution in [2.75, 3.05) is 13.1 Å². The number of rotatable bonds is 3. The van der Waals surface area contributed by atoms with Crippen molar-refractivity contribution in [1.82, 2.24) is 4.90 Å². The summed E-state index contributed by atoms with van der Waals surface area (Å²) >= 11 is 6.12. The van der Waals surface area contributed by atoms with Gasteiger partial charge in [-0.15, -0.1) is 11.6 Å². The fraction of sp³-hybridized carbons (Fsp3) is 0.500. The van der Waals surface area contributed by atoms with Gasteiger partial charge in [0, 0.05) is 24.0 Å². The molecule has 1 amide bonds. The van der Waals surface area contributed by atoms with Gasteiger partial charge in [-0.1, -0.05) is 13.0 Å². The fourth-order valence-corrected chi connectivity index (χ4v) is 2.47. The van der Waals surface area contributed by atoms with Crippen molar-refractivity contribution in [2.45, 2.75) is 25.3 Å². The van der Waals surface area contributed by atoms with E-state index in [1.807, 2.05) is 6.92 Å². The van der Waals surface area contributed by atoms with Crippen LogP contribution in [0.25, 0.3) is 0 Å². The first-order valence-electron chi connectivity index (χ1n) is 6.45. The van der Waals surface area contributed by atoms with Gasteiger partial charge >= 0.3 is 6.61 Å². The predicted molar refractivity (Wildman–Crippen MR) is 72.4 cm³/mol. The number of halogens is 3. The molecule has 0 radical (unpaired) electrons. The Morgan fingerprint density at radius 1 is 1.50 bits per heavy atom. The molecule has 110 valence electrons. The van der Waals surface area contributed by atoms with Gasteiger partial charge < -0.3 is 9.64 Å². The summed E-state index contributed by atoms with van der Waals surface area (Å²) in [5, 5.41) is 0.0764. The molecule has 2 atom stereocenters. The number of hydrogen-bond acceptors (Lipinski definition) is 2. The number of piperidine rings is 1. The van der Waals surface area contributed by atoms with Crippen molar-refractivity contribution in [3.63, 3.8) is 0 Å². The van der Waals surface area contributed by atoms with Gasteiger partial charge in [0.05, 0.1) is 0 Å². The zero-order valence-electron chi connectivity index (χ0n) is 11.1. The lowest BCUT2D eigenvalue weighted by Crippen LogP contribution is -2.43. The standard InChI is InChI=1S/C14H16ClF2NO2/c1-9-8-18(6-5-12(9)15)13(19)10-3-2-4-11(7-10)20-14(16)17/h2-4,7,9,12,14H,5-6,8H2,1H3. The quantitative estimate of drug-likeness (QED) is 0.801. The van der Waals surface area contributed by atoms with Gasteiger partial charge in [-0.25, -0.2) is 0 Å². The maximum atomic E-state index is 12.3. The number of ether oxygens (including phenoxy) is 1. The molecule has 0 bridgehead atoms. The van der Waals surface area contributed by atoms with E-state index >= 15 is 0 Å². The summed E-state index contributed by atoms with van der Waals surface area (Å²) in [4.78, 5) is 14.0. The maximum absolute atomic E-state index is 12.3. The lowest BCUT2D eigenvalue weighted by atomic mass is 9.99. The SMILES string of the molecule is CC1CN(C(=O)c2cccc(OC(F)F)c2)CCC1Cl. The number of hydrogen-bond donors (Lipinski definition) is 0. The highest BCUT2D eigenvalue weighted by molar-refractivity contribution is 6.20. The third kappa shape index (κ3) is 3.60. The Bertz CT molecular complexity index is 484. The number of benzene rings is 1. The summed E-state index contributed by atoms with van der Waals surface area (Å²) in [5.74, 6) is 0.0288. The number of alkyl halides is 3. The highest BCUT2D eigenvalue weighted by Gasteiger charge is 2.27. The van der Waals surface area contributed by atoms with Crippen LogP contribution in [0.5, 0.6) is 5.75 Å². The Morgan fingerprint density at radius 2 is 2.25 bits per heavy atom. The average molecular weight is 304 g/mol. The molecule has 0 spiro atoms. The van der Waals surface area contributed by atoms with Crippen LogP contribution >= 0.6 is 11.6 Å². The molecule has 1 aromatic rings. The Balaban J connectivity index is 2.09. The van der Waals surface area contributed by atoms with Crippen molar-refractivity contribution < 1.29 is 18.3 Å². The Kier molecular flexibility index (Phi) is 4.81. The summed E-state index contributed by atoms with van der Waals surface area (Å²) < 4.78 is 28.6. The van der Waals surface area contributed by atoms with Gasteiger partial charge in [0.1, 0.15) is 5.75 Å². The van der Waals surface area contributed by atoms with E-state index in [0.717, 1.165) is 6.42 Å². The molecule has 1 aromatic carbocycles. The van der Waals surface area contributed by atoms with Gasteiger partial charge in [-0.05, 0) is 30.5 Å². The Hall–Kier alpha value is -1.36. The number of nitrogens with zero attached hydrogens (tertiary/aromatic N) is 1. The first kappa shape index (κ1) is 15.0. The van der Waals surface area contributed by atoms with Crippen LogP contribution in [-0.4, -0.2) is 35.9 Å². The lowest BCUT2D eigenvalue weighted by Gasteiger charge is -2.34. The van der Waals surface area contributed by atoms with E-state index in [2.05, 4.69) is 4.74 Å². The minimum Gasteiger partial charge on any atom is -0.435 e. The molecule has 3 nitrogen and oxygen atoms in total. The zero-order chi connectivity index (χ0) is 14.7. The molecular weight excluding hydrogens is 288 g/mol. The summed E-state index contributed by atoms with van der Waals surface area (Å²) in [6.45, 7) is 0.254. The van der Waals surface area contributed by atoms with Gasteiger partial charge in [-0.3, -0.25) is 4.79 Å². The predicted octanol–water partition coefficient (Wildman–Crippen LogP) is 3.38. The molecule has 1 saturated heterocycles. The maximum Gasteiger partial charge on any atom is 0.387 e. The van der Waals surface area contributed by atoms with Gasteiger partial charge in [-0.2, -0.15) is 8.78 Å².